The summed E-state index contributed by atoms with van der Waals surface area (Å²) in [6.07, 6.45) is 2.73. The molecule has 1 nitrogen and oxygen atoms in total. The zero-order valence-corrected chi connectivity index (χ0v) is 9.35. The van der Waals surface area contributed by atoms with Gasteiger partial charge >= 0.3 is 0 Å². The van der Waals surface area contributed by atoms with Crippen molar-refractivity contribution >= 4 is 0 Å². The van der Waals surface area contributed by atoms with Crippen molar-refractivity contribution in [2.75, 3.05) is 0 Å². The Hall–Kier alpha value is -0.820. The molecule has 1 aromatic rings. The van der Waals surface area contributed by atoms with E-state index in [1.54, 1.807) is 0 Å². The molecule has 14 heavy (non-hydrogen) atoms. The molecule has 1 aliphatic carbocycles. The molecular formula is C13H19N. The van der Waals surface area contributed by atoms with Gasteiger partial charge < -0.3 is 5.32 Å². The number of hydrogen-bond donors (Lipinski definition) is 1. The molecule has 0 unspecified atom stereocenters. The van der Waals surface area contributed by atoms with Crippen LogP contribution in [-0.2, 0) is 6.54 Å². The first-order valence-electron chi connectivity index (χ1n) is 5.47. The van der Waals surface area contributed by atoms with Gasteiger partial charge in [0.05, 0.1) is 0 Å². The maximum Gasteiger partial charge on any atom is 0.0210 e. The van der Waals surface area contributed by atoms with Gasteiger partial charge in [0.1, 0.15) is 0 Å². The lowest BCUT2D eigenvalue weighted by Crippen LogP contribution is -2.16. The third-order valence-electron chi connectivity index (χ3n) is 3.11. The number of nitrogens with one attached hydrogen (secondary N) is 1. The second kappa shape index (κ2) is 3.74. The fourth-order valence-corrected chi connectivity index (χ4v) is 1.75. The Kier molecular flexibility index (Phi) is 2.60. The fraction of sp³-hybridized carbons (Fsp3) is 0.538. The quantitative estimate of drug-likeness (QED) is 0.771. The highest BCUT2D eigenvalue weighted by Crippen LogP contribution is 2.21. The maximum atomic E-state index is 3.56. The van der Waals surface area contributed by atoms with E-state index in [1.165, 1.54) is 35.1 Å². The van der Waals surface area contributed by atoms with Gasteiger partial charge in [0.15, 0.2) is 0 Å². The summed E-state index contributed by atoms with van der Waals surface area (Å²) in [5.41, 5.74) is 5.68. The van der Waals surface area contributed by atoms with E-state index in [-0.39, 0.29) is 0 Å². The summed E-state index contributed by atoms with van der Waals surface area (Å²) in [4.78, 5) is 0. The van der Waals surface area contributed by atoms with Crippen LogP contribution in [0.3, 0.4) is 0 Å². The van der Waals surface area contributed by atoms with Crippen molar-refractivity contribution in [3.05, 3.63) is 34.4 Å². The summed E-state index contributed by atoms with van der Waals surface area (Å²) in [6.45, 7) is 7.61. The third kappa shape index (κ3) is 2.16. The van der Waals surface area contributed by atoms with Crippen molar-refractivity contribution in [1.82, 2.24) is 5.32 Å². The molecular weight excluding hydrogens is 170 g/mol. The average Bonchev–Trinajstić information content (AvgIpc) is 2.92. The number of hydrogen-bond acceptors (Lipinski definition) is 1. The maximum absolute atomic E-state index is 3.56. The van der Waals surface area contributed by atoms with E-state index >= 15 is 0 Å². The molecule has 1 fully saturated rings. The van der Waals surface area contributed by atoms with Crippen LogP contribution in [0.5, 0.6) is 0 Å². The van der Waals surface area contributed by atoms with E-state index < -0.39 is 0 Å². The van der Waals surface area contributed by atoms with Crippen molar-refractivity contribution < 1.29 is 0 Å². The normalized spacial score (nSPS) is 15.9. The van der Waals surface area contributed by atoms with E-state index in [0.717, 1.165) is 12.6 Å². The largest absolute Gasteiger partial charge is 0.310 e. The van der Waals surface area contributed by atoms with Gasteiger partial charge in [0.25, 0.3) is 0 Å². The van der Waals surface area contributed by atoms with Gasteiger partial charge in [-0.05, 0) is 55.9 Å². The SMILES string of the molecule is Cc1cc(C)c(CNC2CC2)cc1C. The summed E-state index contributed by atoms with van der Waals surface area (Å²) in [6, 6.07) is 5.41. The van der Waals surface area contributed by atoms with E-state index in [4.69, 9.17) is 0 Å². The van der Waals surface area contributed by atoms with Gasteiger partial charge in [-0.15, -0.1) is 0 Å². The van der Waals surface area contributed by atoms with Crippen LogP contribution in [0.4, 0.5) is 0 Å². The standard InChI is InChI=1S/C13H19N/c1-9-6-11(3)12(7-10(9)2)8-14-13-4-5-13/h6-7,13-14H,4-5,8H2,1-3H3. The predicted molar refractivity (Wildman–Crippen MR) is 60.5 cm³/mol. The molecule has 0 bridgehead atoms. The van der Waals surface area contributed by atoms with E-state index in [1.807, 2.05) is 0 Å². The Morgan fingerprint density at radius 3 is 2.36 bits per heavy atom. The minimum absolute atomic E-state index is 0.802. The molecule has 1 N–H and O–H groups in total. The minimum atomic E-state index is 0.802. The lowest BCUT2D eigenvalue weighted by atomic mass is 10.0. The minimum Gasteiger partial charge on any atom is -0.310 e. The van der Waals surface area contributed by atoms with Gasteiger partial charge in [0, 0.05) is 12.6 Å². The molecule has 1 aromatic carbocycles. The van der Waals surface area contributed by atoms with Gasteiger partial charge in [-0.1, -0.05) is 12.1 Å². The molecule has 0 atom stereocenters. The van der Waals surface area contributed by atoms with Gasteiger partial charge in [-0.2, -0.15) is 0 Å². The van der Waals surface area contributed by atoms with Crippen LogP contribution in [-0.4, -0.2) is 6.04 Å². The Balaban J connectivity index is 2.10. The van der Waals surface area contributed by atoms with Crippen LogP contribution in [0.25, 0.3) is 0 Å². The molecule has 76 valence electrons. The molecule has 0 amide bonds. The van der Waals surface area contributed by atoms with Crippen molar-refractivity contribution in [1.29, 1.82) is 0 Å². The Morgan fingerprint density at radius 1 is 1.07 bits per heavy atom. The average molecular weight is 189 g/mol. The van der Waals surface area contributed by atoms with Crippen LogP contribution in [0, 0.1) is 20.8 Å². The van der Waals surface area contributed by atoms with Crippen molar-refractivity contribution in [3.8, 4) is 0 Å². The summed E-state index contributed by atoms with van der Waals surface area (Å²) in [5, 5.41) is 3.56. The third-order valence-corrected chi connectivity index (χ3v) is 3.11. The van der Waals surface area contributed by atoms with Crippen LogP contribution in [0.1, 0.15) is 35.1 Å². The highest BCUT2D eigenvalue weighted by atomic mass is 14.9. The molecule has 0 heterocycles. The Labute approximate surface area is 86.5 Å². The number of aryl methyl sites for hydroxylation is 3. The Morgan fingerprint density at radius 2 is 1.71 bits per heavy atom. The summed E-state index contributed by atoms with van der Waals surface area (Å²) in [5.74, 6) is 0. The first-order valence-corrected chi connectivity index (χ1v) is 5.47. The fourth-order valence-electron chi connectivity index (χ4n) is 1.75. The molecule has 2 rings (SSSR count). The summed E-state index contributed by atoms with van der Waals surface area (Å²) < 4.78 is 0. The topological polar surface area (TPSA) is 12.0 Å². The number of rotatable bonds is 3. The van der Waals surface area contributed by atoms with E-state index in [2.05, 4.69) is 38.2 Å². The lowest BCUT2D eigenvalue weighted by Gasteiger charge is -2.10. The molecule has 0 aliphatic heterocycles. The van der Waals surface area contributed by atoms with Gasteiger partial charge in [0.2, 0.25) is 0 Å². The summed E-state index contributed by atoms with van der Waals surface area (Å²) >= 11 is 0. The lowest BCUT2D eigenvalue weighted by molar-refractivity contribution is 0.684. The van der Waals surface area contributed by atoms with Crippen molar-refractivity contribution in [2.45, 2.75) is 46.2 Å². The molecule has 1 aliphatic rings. The Bertz CT molecular complexity index is 337. The van der Waals surface area contributed by atoms with Crippen LogP contribution < -0.4 is 5.32 Å². The monoisotopic (exact) mass is 189 g/mol. The second-order valence-corrected chi connectivity index (χ2v) is 4.52. The number of benzene rings is 1. The predicted octanol–water partition coefficient (Wildman–Crippen LogP) is 2.86. The van der Waals surface area contributed by atoms with Crippen molar-refractivity contribution in [2.24, 2.45) is 0 Å². The smallest absolute Gasteiger partial charge is 0.0210 e. The highest BCUT2D eigenvalue weighted by Gasteiger charge is 2.20. The molecule has 0 radical (unpaired) electrons. The van der Waals surface area contributed by atoms with Crippen LogP contribution >= 0.6 is 0 Å². The van der Waals surface area contributed by atoms with Gasteiger partial charge in [-0.3, -0.25) is 0 Å². The van der Waals surface area contributed by atoms with Crippen LogP contribution in [0.15, 0.2) is 12.1 Å². The molecule has 1 saturated carbocycles. The molecule has 0 saturated heterocycles. The molecule has 0 spiro atoms. The zero-order valence-electron chi connectivity index (χ0n) is 9.35. The zero-order chi connectivity index (χ0) is 10.1. The first kappa shape index (κ1) is 9.72. The molecule has 1 heteroatoms. The second-order valence-electron chi connectivity index (χ2n) is 4.52. The van der Waals surface area contributed by atoms with Crippen LogP contribution in [0.2, 0.25) is 0 Å². The first-order chi connectivity index (χ1) is 6.66. The van der Waals surface area contributed by atoms with E-state index in [9.17, 15) is 0 Å². The highest BCUT2D eigenvalue weighted by molar-refractivity contribution is 5.36. The van der Waals surface area contributed by atoms with Crippen molar-refractivity contribution in [3.63, 3.8) is 0 Å². The van der Waals surface area contributed by atoms with Gasteiger partial charge in [-0.25, -0.2) is 0 Å². The molecule has 0 aromatic heterocycles. The summed E-state index contributed by atoms with van der Waals surface area (Å²) in [7, 11) is 0. The van der Waals surface area contributed by atoms with E-state index in [0.29, 0.717) is 0 Å².